The Morgan fingerprint density at radius 1 is 1.48 bits per heavy atom. The lowest BCUT2D eigenvalue weighted by atomic mass is 10.1. The van der Waals surface area contributed by atoms with Gasteiger partial charge in [-0.2, -0.15) is 0 Å². The van der Waals surface area contributed by atoms with Gasteiger partial charge >= 0.3 is 0 Å². The smallest absolute Gasteiger partial charge is 0.253 e. The first-order valence-corrected chi connectivity index (χ1v) is 8.67. The number of thiophene rings is 1. The average Bonchev–Trinajstić information content (AvgIpc) is 3.14. The quantitative estimate of drug-likeness (QED) is 0.765. The summed E-state index contributed by atoms with van der Waals surface area (Å²) in [5, 5.41) is 11.0. The van der Waals surface area contributed by atoms with Crippen LogP contribution in [0.1, 0.15) is 5.76 Å². The van der Waals surface area contributed by atoms with Crippen molar-refractivity contribution in [2.24, 2.45) is 5.92 Å². The Kier molecular flexibility index (Phi) is 5.40. The first-order chi connectivity index (χ1) is 10.1. The minimum absolute atomic E-state index is 0.126. The summed E-state index contributed by atoms with van der Waals surface area (Å²) < 4.78 is 37.3. The third-order valence-electron chi connectivity index (χ3n) is 2.95. The highest BCUT2D eigenvalue weighted by atomic mass is 32.2. The van der Waals surface area contributed by atoms with Crippen LogP contribution in [0.2, 0.25) is 0 Å². The van der Waals surface area contributed by atoms with Crippen LogP contribution in [0.25, 0.3) is 0 Å². The molecule has 0 aliphatic heterocycles. The van der Waals surface area contributed by atoms with Crippen molar-refractivity contribution in [1.82, 2.24) is 4.72 Å². The molecule has 21 heavy (non-hydrogen) atoms. The Morgan fingerprint density at radius 3 is 2.90 bits per heavy atom. The standard InChI is InChI=1S/C13H17NO5S2/c1-18-12-4-6-20-13(12)21(16,17)14-8-10(9-15)7-11-3-2-5-19-11/h2-6,10,14-15H,7-9H2,1H3. The molecule has 0 saturated heterocycles. The van der Waals surface area contributed by atoms with E-state index in [4.69, 9.17) is 9.15 Å². The number of rotatable bonds is 8. The molecule has 0 fully saturated rings. The van der Waals surface area contributed by atoms with Gasteiger partial charge in [-0.25, -0.2) is 13.1 Å². The van der Waals surface area contributed by atoms with Crippen LogP contribution in [-0.2, 0) is 16.4 Å². The Labute approximate surface area is 127 Å². The molecule has 8 heteroatoms. The van der Waals surface area contributed by atoms with Crippen LogP contribution in [0.3, 0.4) is 0 Å². The van der Waals surface area contributed by atoms with Crippen LogP contribution in [0.5, 0.6) is 5.75 Å². The second-order valence-electron chi connectivity index (χ2n) is 4.46. The first-order valence-electron chi connectivity index (χ1n) is 6.31. The van der Waals surface area contributed by atoms with E-state index < -0.39 is 10.0 Å². The monoisotopic (exact) mass is 331 g/mol. The molecule has 0 aliphatic rings. The van der Waals surface area contributed by atoms with E-state index in [2.05, 4.69) is 4.72 Å². The minimum Gasteiger partial charge on any atom is -0.494 e. The van der Waals surface area contributed by atoms with Crippen LogP contribution in [0.4, 0.5) is 0 Å². The molecule has 1 atom stereocenters. The molecule has 6 nitrogen and oxygen atoms in total. The maximum atomic E-state index is 12.2. The summed E-state index contributed by atoms with van der Waals surface area (Å²) in [7, 11) is -2.22. The van der Waals surface area contributed by atoms with Gasteiger partial charge in [-0.3, -0.25) is 0 Å². The van der Waals surface area contributed by atoms with Gasteiger partial charge in [-0.15, -0.1) is 11.3 Å². The Hall–Kier alpha value is -1.35. The van der Waals surface area contributed by atoms with Crippen molar-refractivity contribution in [2.45, 2.75) is 10.6 Å². The maximum Gasteiger partial charge on any atom is 0.253 e. The predicted molar refractivity (Wildman–Crippen MR) is 79.0 cm³/mol. The minimum atomic E-state index is -3.64. The lowest BCUT2D eigenvalue weighted by Gasteiger charge is -2.14. The van der Waals surface area contributed by atoms with Gasteiger partial charge in [0.1, 0.15) is 11.5 Å². The number of sulfonamides is 1. The van der Waals surface area contributed by atoms with Crippen molar-refractivity contribution in [3.05, 3.63) is 35.6 Å². The number of aliphatic hydroxyl groups excluding tert-OH is 1. The number of ether oxygens (including phenoxy) is 1. The van der Waals surface area contributed by atoms with E-state index in [1.54, 1.807) is 29.8 Å². The topological polar surface area (TPSA) is 88.8 Å². The molecule has 1 unspecified atom stereocenters. The molecule has 116 valence electrons. The highest BCUT2D eigenvalue weighted by Crippen LogP contribution is 2.29. The number of nitrogens with one attached hydrogen (secondary N) is 1. The molecule has 2 aromatic rings. The van der Waals surface area contributed by atoms with Crippen molar-refractivity contribution >= 4 is 21.4 Å². The van der Waals surface area contributed by atoms with Gasteiger partial charge in [0.25, 0.3) is 10.0 Å². The van der Waals surface area contributed by atoms with Crippen LogP contribution in [0.15, 0.2) is 38.5 Å². The molecular weight excluding hydrogens is 314 g/mol. The number of furan rings is 1. The summed E-state index contributed by atoms with van der Waals surface area (Å²) in [6.45, 7) is -0.00855. The average molecular weight is 331 g/mol. The molecule has 2 heterocycles. The predicted octanol–water partition coefficient (Wildman–Crippen LogP) is 1.48. The second kappa shape index (κ2) is 7.08. The third kappa shape index (κ3) is 4.07. The van der Waals surface area contributed by atoms with Crippen molar-refractivity contribution < 1.29 is 22.7 Å². The van der Waals surface area contributed by atoms with Gasteiger partial charge in [0.05, 0.1) is 13.4 Å². The van der Waals surface area contributed by atoms with Crippen molar-refractivity contribution in [3.63, 3.8) is 0 Å². The van der Waals surface area contributed by atoms with E-state index in [0.29, 0.717) is 17.9 Å². The van der Waals surface area contributed by atoms with E-state index in [9.17, 15) is 13.5 Å². The largest absolute Gasteiger partial charge is 0.494 e. The van der Waals surface area contributed by atoms with E-state index >= 15 is 0 Å². The summed E-state index contributed by atoms with van der Waals surface area (Å²) in [6, 6.07) is 5.15. The Bertz CT molecular complexity index is 648. The summed E-state index contributed by atoms with van der Waals surface area (Å²) in [4.78, 5) is 0. The summed E-state index contributed by atoms with van der Waals surface area (Å²) in [5.74, 6) is 0.776. The fraction of sp³-hybridized carbons (Fsp3) is 0.385. The Morgan fingerprint density at radius 2 is 2.29 bits per heavy atom. The molecule has 0 saturated carbocycles. The van der Waals surface area contributed by atoms with Crippen LogP contribution < -0.4 is 9.46 Å². The van der Waals surface area contributed by atoms with Gasteiger partial charge in [-0.1, -0.05) is 0 Å². The molecular formula is C13H17NO5S2. The van der Waals surface area contributed by atoms with Crippen molar-refractivity contribution in [3.8, 4) is 5.75 Å². The van der Waals surface area contributed by atoms with E-state index in [-0.39, 0.29) is 23.3 Å². The van der Waals surface area contributed by atoms with Gasteiger partial charge < -0.3 is 14.3 Å². The van der Waals surface area contributed by atoms with E-state index in [0.717, 1.165) is 11.3 Å². The molecule has 2 rings (SSSR count). The number of aliphatic hydroxyl groups is 1. The zero-order valence-corrected chi connectivity index (χ0v) is 13.1. The number of hydrogen-bond acceptors (Lipinski definition) is 6. The molecule has 0 aromatic carbocycles. The lowest BCUT2D eigenvalue weighted by molar-refractivity contribution is 0.221. The van der Waals surface area contributed by atoms with Crippen LogP contribution in [0, 0.1) is 5.92 Å². The first kappa shape index (κ1) is 16.0. The van der Waals surface area contributed by atoms with Crippen LogP contribution in [-0.4, -0.2) is 33.8 Å². The van der Waals surface area contributed by atoms with Crippen molar-refractivity contribution in [1.29, 1.82) is 0 Å². The number of methoxy groups -OCH3 is 1. The number of hydrogen-bond donors (Lipinski definition) is 2. The molecule has 0 radical (unpaired) electrons. The molecule has 2 aromatic heterocycles. The Balaban J connectivity index is 2.00. The molecule has 0 spiro atoms. The van der Waals surface area contributed by atoms with Gasteiger partial charge in [-0.05, 0) is 23.6 Å². The van der Waals surface area contributed by atoms with Gasteiger partial charge in [0.2, 0.25) is 0 Å². The molecule has 2 N–H and O–H groups in total. The van der Waals surface area contributed by atoms with E-state index in [1.807, 2.05) is 0 Å². The summed E-state index contributed by atoms with van der Waals surface area (Å²) in [5.41, 5.74) is 0. The van der Waals surface area contributed by atoms with Crippen LogP contribution >= 0.6 is 11.3 Å². The van der Waals surface area contributed by atoms with Gasteiger partial charge in [0, 0.05) is 25.5 Å². The van der Waals surface area contributed by atoms with Crippen molar-refractivity contribution in [2.75, 3.05) is 20.3 Å². The molecule has 0 amide bonds. The molecule has 0 aliphatic carbocycles. The highest BCUT2D eigenvalue weighted by molar-refractivity contribution is 7.91. The zero-order chi connectivity index (χ0) is 15.3. The second-order valence-corrected chi connectivity index (χ2v) is 7.34. The summed E-state index contributed by atoms with van der Waals surface area (Å²) >= 11 is 1.09. The van der Waals surface area contributed by atoms with Gasteiger partial charge in [0.15, 0.2) is 4.21 Å². The SMILES string of the molecule is COc1ccsc1S(=O)(=O)NCC(CO)Cc1ccco1. The normalized spacial score (nSPS) is 13.2. The molecule has 0 bridgehead atoms. The lowest BCUT2D eigenvalue weighted by Crippen LogP contribution is -2.31. The maximum absolute atomic E-state index is 12.2. The third-order valence-corrected chi connectivity index (χ3v) is 5.82. The zero-order valence-electron chi connectivity index (χ0n) is 11.5. The highest BCUT2D eigenvalue weighted by Gasteiger charge is 2.22. The fourth-order valence-electron chi connectivity index (χ4n) is 1.84. The fourth-order valence-corrected chi connectivity index (χ4v) is 4.27. The van der Waals surface area contributed by atoms with E-state index in [1.165, 1.54) is 7.11 Å². The summed E-state index contributed by atoms with van der Waals surface area (Å²) in [6.07, 6.45) is 2.01.